The van der Waals surface area contributed by atoms with Crippen molar-refractivity contribution < 1.29 is 45.1 Å². The van der Waals surface area contributed by atoms with Crippen LogP contribution < -0.4 is 12.4 Å². The van der Waals surface area contributed by atoms with Gasteiger partial charge >= 0.3 is 6.08 Å². The summed E-state index contributed by atoms with van der Waals surface area (Å²) in [6, 6.07) is 0. The Kier molecular flexibility index (Phi) is 21.6. The van der Waals surface area contributed by atoms with Crippen molar-refractivity contribution in [1.82, 2.24) is 0 Å². The van der Waals surface area contributed by atoms with Crippen molar-refractivity contribution in [2.75, 3.05) is 0 Å². The van der Waals surface area contributed by atoms with E-state index in [-0.39, 0.29) is 38.2 Å². The predicted octanol–water partition coefficient (Wildman–Crippen LogP) is -1.50. The molecule has 0 rings (SSSR count). The summed E-state index contributed by atoms with van der Waals surface area (Å²) < 4.78 is 30.5. The van der Waals surface area contributed by atoms with Crippen LogP contribution >= 0.6 is 0 Å². The Bertz CT molecular complexity index is 50.9. The Morgan fingerprint density at radius 2 is 1.43 bits per heavy atom. The quantitative estimate of drug-likeness (QED) is 0.400. The SMILES string of the molecule is F[C]=C(F)F.[Cl-].[Zn]. The molecule has 0 nitrogen and oxygen atoms in total. The molecule has 0 fully saturated rings. The average molecular weight is 182 g/mol. The molecule has 5 heteroatoms. The summed E-state index contributed by atoms with van der Waals surface area (Å²) in [4.78, 5) is 0. The second-order valence-electron chi connectivity index (χ2n) is 0.355. The third-order valence-corrected chi connectivity index (χ3v) is 0.0714. The number of hydrogen-bond acceptors (Lipinski definition) is 0. The molecule has 0 aliphatic rings. The second-order valence-corrected chi connectivity index (χ2v) is 0.355. The Hall–Kier alpha value is 0.443. The minimum atomic E-state index is -2.41. The van der Waals surface area contributed by atoms with Gasteiger partial charge in [0.25, 0.3) is 0 Å². The Balaban J connectivity index is -0.0000000800. The van der Waals surface area contributed by atoms with E-state index in [1.165, 1.54) is 0 Å². The molecule has 0 unspecified atom stereocenters. The molecule has 0 heterocycles. The van der Waals surface area contributed by atoms with Crippen LogP contribution in [0.2, 0.25) is 0 Å². The van der Waals surface area contributed by atoms with Crippen LogP contribution in [0.15, 0.2) is 6.08 Å². The van der Waals surface area contributed by atoms with E-state index in [1.54, 1.807) is 0 Å². The summed E-state index contributed by atoms with van der Waals surface area (Å²) in [5.74, 6) is 0. The molecular formula is C2ClF3Zn-. The van der Waals surface area contributed by atoms with E-state index in [1.807, 2.05) is 0 Å². The predicted molar refractivity (Wildman–Crippen MR) is 10.1 cm³/mol. The molecule has 0 N–H and O–H groups in total. The van der Waals surface area contributed by atoms with E-state index in [9.17, 15) is 13.2 Å². The van der Waals surface area contributed by atoms with E-state index in [2.05, 4.69) is 0 Å². The van der Waals surface area contributed by atoms with Gasteiger partial charge in [-0.15, -0.1) is 0 Å². The number of rotatable bonds is 0. The molecule has 39 valence electrons. The van der Waals surface area contributed by atoms with Crippen molar-refractivity contribution in [3.8, 4) is 0 Å². The van der Waals surface area contributed by atoms with Crippen LogP contribution in [0.1, 0.15) is 0 Å². The molecule has 0 aliphatic heterocycles. The summed E-state index contributed by atoms with van der Waals surface area (Å²) in [5, 5.41) is 0. The van der Waals surface area contributed by atoms with Gasteiger partial charge in [-0.3, -0.25) is 0 Å². The van der Waals surface area contributed by atoms with Gasteiger partial charge in [-0.25, -0.2) is 0 Å². The van der Waals surface area contributed by atoms with Gasteiger partial charge in [0, 0.05) is 19.5 Å². The molecule has 0 saturated carbocycles. The maximum absolute atomic E-state index is 10.2. The van der Waals surface area contributed by atoms with Crippen molar-refractivity contribution in [1.29, 1.82) is 0 Å². The number of halogens is 4. The molecule has 0 aliphatic carbocycles. The Morgan fingerprint density at radius 1 is 1.29 bits per heavy atom. The fraction of sp³-hybridized carbons (Fsp3) is 0. The molecule has 0 amide bonds. The van der Waals surface area contributed by atoms with Gasteiger partial charge in [0.1, 0.15) is 0 Å². The smallest absolute Gasteiger partial charge is 0.308 e. The molecule has 7 heavy (non-hydrogen) atoms. The van der Waals surface area contributed by atoms with Gasteiger partial charge < -0.3 is 12.4 Å². The monoisotopic (exact) mass is 180 g/mol. The third kappa shape index (κ3) is 21.3. The van der Waals surface area contributed by atoms with Crippen LogP contribution in [0.4, 0.5) is 13.2 Å². The Morgan fingerprint density at radius 3 is 1.43 bits per heavy atom. The van der Waals surface area contributed by atoms with Gasteiger partial charge in [0.15, 0.2) is 0 Å². The largest absolute Gasteiger partial charge is 1.00 e. The van der Waals surface area contributed by atoms with E-state index in [0.717, 1.165) is 0 Å². The first-order chi connectivity index (χ1) is 2.27. The molecule has 0 aromatic heterocycles. The van der Waals surface area contributed by atoms with Crippen LogP contribution in [-0.4, -0.2) is 0 Å². The Labute approximate surface area is 57.9 Å². The van der Waals surface area contributed by atoms with Gasteiger partial charge in [-0.1, -0.05) is 0 Å². The fourth-order valence-corrected chi connectivity index (χ4v) is 0. The summed E-state index contributed by atoms with van der Waals surface area (Å²) in [6.07, 6.45) is -2.30. The molecular weight excluding hydrogens is 182 g/mol. The van der Waals surface area contributed by atoms with Crippen molar-refractivity contribution in [3.05, 3.63) is 12.4 Å². The van der Waals surface area contributed by atoms with Gasteiger partial charge in [-0.05, 0) is 0 Å². The molecule has 0 bridgehead atoms. The van der Waals surface area contributed by atoms with Crippen LogP contribution in [0.25, 0.3) is 0 Å². The van der Waals surface area contributed by atoms with Crippen molar-refractivity contribution in [3.63, 3.8) is 0 Å². The first kappa shape index (κ1) is 15.7. The maximum Gasteiger partial charge on any atom is 0.308 e. The van der Waals surface area contributed by atoms with Crippen molar-refractivity contribution in [2.45, 2.75) is 0 Å². The molecule has 0 spiro atoms. The zero-order chi connectivity index (χ0) is 4.28. The molecule has 0 saturated heterocycles. The maximum atomic E-state index is 10.2. The number of hydrogen-bond donors (Lipinski definition) is 0. The van der Waals surface area contributed by atoms with E-state index in [0.29, 0.717) is 0 Å². The summed E-state index contributed by atoms with van der Waals surface area (Å²) in [5.41, 5.74) is 0. The normalized spacial score (nSPS) is 5.00. The van der Waals surface area contributed by atoms with E-state index < -0.39 is 6.08 Å². The van der Waals surface area contributed by atoms with Gasteiger partial charge in [0.2, 0.25) is 6.33 Å². The zero-order valence-electron chi connectivity index (χ0n) is 3.22. The summed E-state index contributed by atoms with van der Waals surface area (Å²) in [7, 11) is 0. The van der Waals surface area contributed by atoms with Crippen LogP contribution in [-0.2, 0) is 19.5 Å². The third-order valence-electron chi connectivity index (χ3n) is 0.0714. The minimum Gasteiger partial charge on any atom is -1.00 e. The summed E-state index contributed by atoms with van der Waals surface area (Å²) in [6.45, 7) is 0. The van der Waals surface area contributed by atoms with E-state index in [4.69, 9.17) is 0 Å². The zero-order valence-corrected chi connectivity index (χ0v) is 6.94. The molecule has 1 radical (unpaired) electrons. The topological polar surface area (TPSA) is 0 Å². The van der Waals surface area contributed by atoms with Crippen LogP contribution in [0.3, 0.4) is 0 Å². The van der Waals surface area contributed by atoms with Crippen molar-refractivity contribution >= 4 is 0 Å². The fourth-order valence-electron chi connectivity index (χ4n) is 0. The molecule has 0 aromatic carbocycles. The van der Waals surface area contributed by atoms with Gasteiger partial charge in [0.05, 0.1) is 0 Å². The second kappa shape index (κ2) is 9.67. The average Bonchev–Trinajstić information content (AvgIpc) is 1.38. The standard InChI is InChI=1S/C2F3.ClH.Zn/c3-1-2(4)5;;/h;1H;/p-1. The molecule has 0 aromatic rings. The minimum absolute atomic E-state index is 0. The first-order valence-electron chi connectivity index (χ1n) is 0.817. The molecule has 0 atom stereocenters. The van der Waals surface area contributed by atoms with Crippen LogP contribution in [0, 0.1) is 6.33 Å². The first-order valence-corrected chi connectivity index (χ1v) is 0.817. The van der Waals surface area contributed by atoms with Crippen LogP contribution in [0.5, 0.6) is 0 Å². The van der Waals surface area contributed by atoms with E-state index >= 15 is 0 Å². The van der Waals surface area contributed by atoms with Crippen molar-refractivity contribution in [2.24, 2.45) is 0 Å². The summed E-state index contributed by atoms with van der Waals surface area (Å²) >= 11 is 0. The van der Waals surface area contributed by atoms with Gasteiger partial charge in [-0.2, -0.15) is 13.2 Å².